The van der Waals surface area contributed by atoms with Gasteiger partial charge in [0, 0.05) is 34.1 Å². The second-order valence-electron chi connectivity index (χ2n) is 5.34. The lowest BCUT2D eigenvalue weighted by Crippen LogP contribution is -2.37. The predicted molar refractivity (Wildman–Crippen MR) is 97.4 cm³/mol. The molecule has 1 saturated heterocycles. The van der Waals surface area contributed by atoms with Gasteiger partial charge in [0.25, 0.3) is 0 Å². The van der Waals surface area contributed by atoms with Crippen LogP contribution in [0.3, 0.4) is 0 Å². The smallest absolute Gasteiger partial charge is 0.407 e. The van der Waals surface area contributed by atoms with Crippen LogP contribution in [0.4, 0.5) is 4.79 Å². The van der Waals surface area contributed by atoms with Crippen LogP contribution in [0.1, 0.15) is 13.3 Å². The number of benzene rings is 1. The molecular formula is C14H19Br2N3O4S. The molecular weight excluding hydrogens is 466 g/mol. The largest absolute Gasteiger partial charge is 0.450 e. The molecule has 0 unspecified atom stereocenters. The maximum Gasteiger partial charge on any atom is 0.407 e. The summed E-state index contributed by atoms with van der Waals surface area (Å²) in [4.78, 5) is 11.5. The quantitative estimate of drug-likeness (QED) is 0.573. The summed E-state index contributed by atoms with van der Waals surface area (Å²) in [5.74, 6) is 0. The summed E-state index contributed by atoms with van der Waals surface area (Å²) in [6.45, 7) is 2.93. The van der Waals surface area contributed by atoms with Gasteiger partial charge in [-0.1, -0.05) is 15.9 Å². The van der Waals surface area contributed by atoms with Crippen LogP contribution in [-0.2, 0) is 14.8 Å². The molecule has 0 bridgehead atoms. The van der Waals surface area contributed by atoms with Gasteiger partial charge < -0.3 is 15.4 Å². The molecule has 1 aliphatic rings. The van der Waals surface area contributed by atoms with E-state index in [1.807, 2.05) is 0 Å². The Morgan fingerprint density at radius 3 is 2.88 bits per heavy atom. The lowest BCUT2D eigenvalue weighted by atomic mass is 10.2. The summed E-state index contributed by atoms with van der Waals surface area (Å²) in [6, 6.07) is 4.74. The maximum absolute atomic E-state index is 12.5. The molecule has 7 nitrogen and oxygen atoms in total. The molecule has 2 rings (SSSR count). The van der Waals surface area contributed by atoms with Crippen molar-refractivity contribution in [1.29, 1.82) is 0 Å². The van der Waals surface area contributed by atoms with Gasteiger partial charge in [-0.15, -0.1) is 0 Å². The predicted octanol–water partition coefficient (Wildman–Crippen LogP) is 1.97. The minimum absolute atomic E-state index is 0.00643. The lowest BCUT2D eigenvalue weighted by molar-refractivity contribution is 0.151. The third kappa shape index (κ3) is 5.41. The molecule has 1 fully saturated rings. The highest BCUT2D eigenvalue weighted by Crippen LogP contribution is 2.26. The number of hydrogen-bond acceptors (Lipinski definition) is 5. The zero-order valence-electron chi connectivity index (χ0n) is 13.0. The van der Waals surface area contributed by atoms with Crippen LogP contribution in [0, 0.1) is 0 Å². The van der Waals surface area contributed by atoms with Crippen LogP contribution < -0.4 is 15.4 Å². The average molecular weight is 485 g/mol. The number of nitrogens with one attached hydrogen (secondary N) is 3. The van der Waals surface area contributed by atoms with Crippen molar-refractivity contribution >= 4 is 48.0 Å². The Balaban J connectivity index is 1.92. The van der Waals surface area contributed by atoms with Gasteiger partial charge in [-0.3, -0.25) is 0 Å². The third-order valence-corrected chi connectivity index (χ3v) is 6.50. The van der Waals surface area contributed by atoms with Crippen LogP contribution >= 0.6 is 31.9 Å². The fourth-order valence-electron chi connectivity index (χ4n) is 2.42. The van der Waals surface area contributed by atoms with Crippen LogP contribution in [-0.4, -0.2) is 46.3 Å². The topological polar surface area (TPSA) is 96.5 Å². The first-order valence-corrected chi connectivity index (χ1v) is 10.5. The van der Waals surface area contributed by atoms with E-state index in [1.54, 1.807) is 25.1 Å². The van der Waals surface area contributed by atoms with Gasteiger partial charge in [-0.2, -0.15) is 0 Å². The fourth-order valence-corrected chi connectivity index (χ4v) is 5.17. The van der Waals surface area contributed by atoms with Crippen molar-refractivity contribution in [2.24, 2.45) is 0 Å². The van der Waals surface area contributed by atoms with Gasteiger partial charge >= 0.3 is 6.09 Å². The normalized spacial score (nSPS) is 20.8. The zero-order valence-corrected chi connectivity index (χ0v) is 17.0. The number of amides is 1. The van der Waals surface area contributed by atoms with Gasteiger partial charge in [0.1, 0.15) is 0 Å². The van der Waals surface area contributed by atoms with E-state index < -0.39 is 16.1 Å². The van der Waals surface area contributed by atoms with E-state index in [0.29, 0.717) is 35.1 Å². The molecule has 1 amide bonds. The van der Waals surface area contributed by atoms with Gasteiger partial charge in [0.05, 0.1) is 11.5 Å². The molecule has 2 atom stereocenters. The Morgan fingerprint density at radius 1 is 1.42 bits per heavy atom. The summed E-state index contributed by atoms with van der Waals surface area (Å²) in [5, 5.41) is 5.83. The fraction of sp³-hybridized carbons (Fsp3) is 0.500. The maximum atomic E-state index is 12.5. The third-order valence-electron chi connectivity index (χ3n) is 3.49. The van der Waals surface area contributed by atoms with Crippen molar-refractivity contribution in [2.45, 2.75) is 30.3 Å². The molecule has 1 aliphatic heterocycles. The van der Waals surface area contributed by atoms with Crippen molar-refractivity contribution in [3.8, 4) is 0 Å². The molecule has 1 heterocycles. The van der Waals surface area contributed by atoms with Crippen LogP contribution in [0.2, 0.25) is 0 Å². The van der Waals surface area contributed by atoms with Crippen LogP contribution in [0.25, 0.3) is 0 Å². The van der Waals surface area contributed by atoms with Crippen molar-refractivity contribution < 1.29 is 17.9 Å². The second kappa shape index (κ2) is 8.61. The van der Waals surface area contributed by atoms with Crippen LogP contribution in [0.5, 0.6) is 0 Å². The molecule has 10 heteroatoms. The van der Waals surface area contributed by atoms with E-state index in [2.05, 4.69) is 47.2 Å². The number of ether oxygens (including phenoxy) is 1. The minimum Gasteiger partial charge on any atom is -0.450 e. The van der Waals surface area contributed by atoms with E-state index in [0.717, 1.165) is 0 Å². The summed E-state index contributed by atoms with van der Waals surface area (Å²) < 4.78 is 33.8. The Hall–Kier alpha value is -0.680. The number of alkyl carbamates (subject to hydrolysis) is 1. The summed E-state index contributed by atoms with van der Waals surface area (Å²) >= 11 is 6.55. The van der Waals surface area contributed by atoms with Crippen LogP contribution in [0.15, 0.2) is 32.0 Å². The Bertz CT molecular complexity index is 699. The molecule has 0 radical (unpaired) electrons. The average Bonchev–Trinajstić information content (AvgIpc) is 2.94. The Morgan fingerprint density at radius 2 is 2.17 bits per heavy atom. The first kappa shape index (κ1) is 19.6. The number of carbonyl (C=O) groups is 1. The van der Waals surface area contributed by atoms with E-state index in [-0.39, 0.29) is 17.0 Å². The zero-order chi connectivity index (χ0) is 17.7. The van der Waals surface area contributed by atoms with E-state index >= 15 is 0 Å². The van der Waals surface area contributed by atoms with Gasteiger partial charge in [-0.05, 0) is 47.5 Å². The monoisotopic (exact) mass is 483 g/mol. The summed E-state index contributed by atoms with van der Waals surface area (Å²) in [5.41, 5.74) is 0. The SMILES string of the molecule is CCOC(=O)NC[C@H]1C[C@@H](NS(=O)(=O)c2cc(Br)ccc2Br)CN1. The number of hydrogen-bond donors (Lipinski definition) is 3. The number of carbonyl (C=O) groups excluding carboxylic acids is 1. The second-order valence-corrected chi connectivity index (χ2v) is 8.79. The molecule has 24 heavy (non-hydrogen) atoms. The van der Waals surface area contributed by atoms with E-state index in [4.69, 9.17) is 4.74 Å². The molecule has 1 aromatic rings. The number of rotatable bonds is 6. The number of sulfonamides is 1. The van der Waals surface area contributed by atoms with Gasteiger partial charge in [-0.25, -0.2) is 17.9 Å². The Labute approximate surface area is 158 Å². The van der Waals surface area contributed by atoms with Gasteiger partial charge in [0.15, 0.2) is 0 Å². The molecule has 0 aliphatic carbocycles. The van der Waals surface area contributed by atoms with Crippen molar-refractivity contribution in [2.75, 3.05) is 19.7 Å². The minimum atomic E-state index is -3.64. The summed E-state index contributed by atoms with van der Waals surface area (Å²) in [7, 11) is -3.64. The highest BCUT2D eigenvalue weighted by molar-refractivity contribution is 9.11. The molecule has 1 aromatic carbocycles. The number of halogens is 2. The highest BCUT2D eigenvalue weighted by Gasteiger charge is 2.29. The molecule has 134 valence electrons. The molecule has 0 aromatic heterocycles. The van der Waals surface area contributed by atoms with Crippen molar-refractivity contribution in [1.82, 2.24) is 15.4 Å². The summed E-state index contributed by atoms with van der Waals surface area (Å²) in [6.07, 6.45) is 0.110. The van der Waals surface area contributed by atoms with E-state index in [1.165, 1.54) is 0 Å². The first-order valence-electron chi connectivity index (χ1n) is 7.43. The molecule has 3 N–H and O–H groups in total. The highest BCUT2D eigenvalue weighted by atomic mass is 79.9. The molecule has 0 saturated carbocycles. The molecule has 0 spiro atoms. The lowest BCUT2D eigenvalue weighted by Gasteiger charge is -2.14. The van der Waals surface area contributed by atoms with Crippen molar-refractivity contribution in [3.05, 3.63) is 27.1 Å². The van der Waals surface area contributed by atoms with E-state index in [9.17, 15) is 13.2 Å². The van der Waals surface area contributed by atoms with Crippen molar-refractivity contribution in [3.63, 3.8) is 0 Å². The first-order chi connectivity index (χ1) is 11.3. The standard InChI is InChI=1S/C14H19Br2N3O4S/c1-2-23-14(20)18-7-10-6-11(8-17-10)19-24(21,22)13-5-9(15)3-4-12(13)16/h3-5,10-11,17,19H,2,6-8H2,1H3,(H,18,20)/t10-,11-/m1/s1. The van der Waals surface area contributed by atoms with Gasteiger partial charge in [0.2, 0.25) is 10.0 Å². The Kier molecular flexibility index (Phi) is 7.05.